The normalized spacial score (nSPS) is 10.7. The quantitative estimate of drug-likeness (QED) is 0.673. The molecule has 5 heteroatoms. The van der Waals surface area contributed by atoms with Crippen LogP contribution in [0.15, 0.2) is 47.6 Å². The van der Waals surface area contributed by atoms with Gasteiger partial charge in [-0.25, -0.2) is 5.43 Å². The summed E-state index contributed by atoms with van der Waals surface area (Å²) >= 11 is 5.91. The maximum Gasteiger partial charge on any atom is 0.272 e. The van der Waals surface area contributed by atoms with Crippen molar-refractivity contribution < 1.29 is 9.90 Å². The first-order chi connectivity index (χ1) is 9.59. The van der Waals surface area contributed by atoms with Gasteiger partial charge in [-0.1, -0.05) is 35.9 Å². The lowest BCUT2D eigenvalue weighted by atomic mass is 10.1. The van der Waals surface area contributed by atoms with Gasteiger partial charge >= 0.3 is 0 Å². The van der Waals surface area contributed by atoms with Crippen LogP contribution in [0.2, 0.25) is 5.02 Å². The van der Waals surface area contributed by atoms with Crippen LogP contribution in [0.1, 0.15) is 21.5 Å². The number of benzene rings is 2. The number of para-hydroxylation sites is 1. The molecule has 0 radical (unpaired) electrons. The minimum Gasteiger partial charge on any atom is -0.507 e. The average Bonchev–Trinajstić information content (AvgIpc) is 2.44. The first-order valence-electron chi connectivity index (χ1n) is 5.96. The summed E-state index contributed by atoms with van der Waals surface area (Å²) in [5.41, 5.74) is 3.99. The summed E-state index contributed by atoms with van der Waals surface area (Å²) in [5.74, 6) is -0.262. The van der Waals surface area contributed by atoms with Gasteiger partial charge in [-0.3, -0.25) is 4.79 Å². The number of carbonyl (C=O) groups is 1. The van der Waals surface area contributed by atoms with E-state index in [1.54, 1.807) is 49.4 Å². The van der Waals surface area contributed by atoms with Gasteiger partial charge in [0.2, 0.25) is 0 Å². The number of aromatic hydroxyl groups is 1. The molecule has 2 aromatic rings. The number of nitrogens with one attached hydrogen (secondary N) is 1. The summed E-state index contributed by atoms with van der Waals surface area (Å²) in [5, 5.41) is 14.0. The molecule has 0 saturated carbocycles. The number of phenols is 1. The number of hydrogen-bond donors (Lipinski definition) is 2. The number of hydrogen-bond acceptors (Lipinski definition) is 3. The van der Waals surface area contributed by atoms with E-state index in [0.29, 0.717) is 16.1 Å². The molecule has 0 saturated heterocycles. The fourth-order valence-electron chi connectivity index (χ4n) is 1.65. The van der Waals surface area contributed by atoms with Gasteiger partial charge < -0.3 is 5.11 Å². The van der Waals surface area contributed by atoms with Crippen molar-refractivity contribution in [2.45, 2.75) is 6.92 Å². The van der Waals surface area contributed by atoms with Crippen LogP contribution in [-0.4, -0.2) is 17.2 Å². The number of nitrogens with zero attached hydrogens (tertiary/aromatic N) is 1. The highest BCUT2D eigenvalue weighted by molar-refractivity contribution is 6.33. The Morgan fingerprint density at radius 1 is 1.25 bits per heavy atom. The van der Waals surface area contributed by atoms with E-state index in [9.17, 15) is 9.90 Å². The Morgan fingerprint density at radius 3 is 2.75 bits per heavy atom. The number of hydrazone groups is 1. The highest BCUT2D eigenvalue weighted by Crippen LogP contribution is 2.19. The second-order valence-electron chi connectivity index (χ2n) is 4.19. The third-order valence-electron chi connectivity index (χ3n) is 2.76. The summed E-state index contributed by atoms with van der Waals surface area (Å²) in [6.45, 7) is 1.79. The second kappa shape index (κ2) is 6.21. The van der Waals surface area contributed by atoms with Crippen molar-refractivity contribution in [2.75, 3.05) is 0 Å². The van der Waals surface area contributed by atoms with Crippen molar-refractivity contribution in [3.05, 3.63) is 64.2 Å². The van der Waals surface area contributed by atoms with Crippen LogP contribution in [-0.2, 0) is 0 Å². The number of aryl methyl sites for hydroxylation is 1. The van der Waals surface area contributed by atoms with Crippen LogP contribution in [0, 0.1) is 6.92 Å². The molecule has 0 aliphatic carbocycles. The third kappa shape index (κ3) is 3.16. The van der Waals surface area contributed by atoms with E-state index in [4.69, 9.17) is 11.6 Å². The topological polar surface area (TPSA) is 61.7 Å². The monoisotopic (exact) mass is 288 g/mol. The molecule has 0 aliphatic heterocycles. The van der Waals surface area contributed by atoms with Crippen LogP contribution < -0.4 is 5.43 Å². The van der Waals surface area contributed by atoms with E-state index in [2.05, 4.69) is 10.5 Å². The molecule has 2 rings (SSSR count). The van der Waals surface area contributed by atoms with Gasteiger partial charge in [-0.15, -0.1) is 0 Å². The van der Waals surface area contributed by atoms with Gasteiger partial charge in [0.05, 0.1) is 16.8 Å². The van der Waals surface area contributed by atoms with Crippen LogP contribution in [0.3, 0.4) is 0 Å². The van der Waals surface area contributed by atoms with Crippen LogP contribution in [0.4, 0.5) is 0 Å². The molecule has 4 nitrogen and oxygen atoms in total. The Kier molecular flexibility index (Phi) is 4.38. The van der Waals surface area contributed by atoms with Gasteiger partial charge in [0.25, 0.3) is 5.91 Å². The highest BCUT2D eigenvalue weighted by atomic mass is 35.5. The van der Waals surface area contributed by atoms with Crippen LogP contribution in [0.25, 0.3) is 0 Å². The fraction of sp³-hybridized carbons (Fsp3) is 0.0667. The molecule has 2 N–H and O–H groups in total. The number of amides is 1. The van der Waals surface area contributed by atoms with E-state index >= 15 is 0 Å². The van der Waals surface area contributed by atoms with Gasteiger partial charge in [0.15, 0.2) is 0 Å². The lowest BCUT2D eigenvalue weighted by Crippen LogP contribution is -2.17. The van der Waals surface area contributed by atoms with Crippen molar-refractivity contribution in [3.63, 3.8) is 0 Å². The summed E-state index contributed by atoms with van der Waals surface area (Å²) in [6.07, 6.45) is 1.39. The summed E-state index contributed by atoms with van der Waals surface area (Å²) in [6, 6.07) is 12.0. The Hall–Kier alpha value is -2.33. The molecule has 102 valence electrons. The zero-order valence-corrected chi connectivity index (χ0v) is 11.6. The van der Waals surface area contributed by atoms with Gasteiger partial charge in [-0.2, -0.15) is 5.10 Å². The molecule has 0 aromatic heterocycles. The number of phenolic OH excluding ortho intramolecular Hbond substituents is 1. The predicted octanol–water partition coefficient (Wildman–Crippen LogP) is 3.12. The van der Waals surface area contributed by atoms with Crippen molar-refractivity contribution in [1.29, 1.82) is 0 Å². The zero-order chi connectivity index (χ0) is 14.5. The van der Waals surface area contributed by atoms with Crippen molar-refractivity contribution >= 4 is 23.7 Å². The maximum atomic E-state index is 11.8. The van der Waals surface area contributed by atoms with E-state index in [1.807, 2.05) is 0 Å². The highest BCUT2D eigenvalue weighted by Gasteiger charge is 2.08. The molecule has 0 aliphatic rings. The lowest BCUT2D eigenvalue weighted by Gasteiger charge is -2.03. The van der Waals surface area contributed by atoms with Crippen LogP contribution >= 0.6 is 11.6 Å². The number of rotatable bonds is 3. The summed E-state index contributed by atoms with van der Waals surface area (Å²) in [4.78, 5) is 11.8. The molecular weight excluding hydrogens is 276 g/mol. The number of halogens is 1. The van der Waals surface area contributed by atoms with Gasteiger partial charge in [0, 0.05) is 5.56 Å². The third-order valence-corrected chi connectivity index (χ3v) is 3.09. The predicted molar refractivity (Wildman–Crippen MR) is 79.4 cm³/mol. The zero-order valence-electron chi connectivity index (χ0n) is 10.8. The first kappa shape index (κ1) is 14.1. The molecule has 2 aromatic carbocycles. The van der Waals surface area contributed by atoms with Crippen molar-refractivity contribution in [3.8, 4) is 5.75 Å². The number of carbonyl (C=O) groups excluding carboxylic acids is 1. The average molecular weight is 289 g/mol. The van der Waals surface area contributed by atoms with E-state index in [0.717, 1.165) is 5.56 Å². The summed E-state index contributed by atoms with van der Waals surface area (Å²) < 4.78 is 0. The Bertz CT molecular complexity index is 669. The van der Waals surface area contributed by atoms with Crippen LogP contribution in [0.5, 0.6) is 5.75 Å². The molecule has 0 bridgehead atoms. The Morgan fingerprint density at radius 2 is 2.00 bits per heavy atom. The van der Waals surface area contributed by atoms with E-state index < -0.39 is 5.91 Å². The SMILES string of the molecule is Cc1cccc(/C=N/NC(=O)c2ccccc2Cl)c1O. The Labute approximate surface area is 121 Å². The molecular formula is C15H13ClN2O2. The van der Waals surface area contributed by atoms with Crippen molar-refractivity contribution in [2.24, 2.45) is 5.10 Å². The molecule has 0 heterocycles. The van der Waals surface area contributed by atoms with E-state index in [-0.39, 0.29) is 5.75 Å². The molecule has 0 unspecified atom stereocenters. The second-order valence-corrected chi connectivity index (χ2v) is 4.60. The largest absolute Gasteiger partial charge is 0.507 e. The molecule has 0 fully saturated rings. The Balaban J connectivity index is 2.09. The minimum absolute atomic E-state index is 0.142. The summed E-state index contributed by atoms with van der Waals surface area (Å²) in [7, 11) is 0. The molecule has 0 spiro atoms. The van der Waals surface area contributed by atoms with E-state index in [1.165, 1.54) is 6.21 Å². The van der Waals surface area contributed by atoms with Gasteiger partial charge in [-0.05, 0) is 30.7 Å². The smallest absolute Gasteiger partial charge is 0.272 e. The lowest BCUT2D eigenvalue weighted by molar-refractivity contribution is 0.0955. The maximum absolute atomic E-state index is 11.8. The molecule has 0 atom stereocenters. The fourth-order valence-corrected chi connectivity index (χ4v) is 1.87. The molecule has 1 amide bonds. The van der Waals surface area contributed by atoms with Crippen molar-refractivity contribution in [1.82, 2.24) is 5.43 Å². The first-order valence-corrected chi connectivity index (χ1v) is 6.34. The standard InChI is InChI=1S/C15H13ClN2O2/c1-10-5-4-6-11(14(10)19)9-17-18-15(20)12-7-2-3-8-13(12)16/h2-9,19H,1H3,(H,18,20)/b17-9+. The minimum atomic E-state index is -0.404. The molecule has 20 heavy (non-hydrogen) atoms. The van der Waals surface area contributed by atoms with Gasteiger partial charge in [0.1, 0.15) is 5.75 Å².